The second kappa shape index (κ2) is 6.09. The van der Waals surface area contributed by atoms with E-state index in [4.69, 9.17) is 0 Å². The Balaban J connectivity index is 2.32. The van der Waals surface area contributed by atoms with Crippen molar-refractivity contribution in [2.45, 2.75) is 26.4 Å². The SMILES string of the molecule is CC(C)NCc1ccc(-c2cc(F)ccc2F)c(F)c1. The van der Waals surface area contributed by atoms with Gasteiger partial charge < -0.3 is 5.32 Å². The van der Waals surface area contributed by atoms with Gasteiger partial charge in [-0.25, -0.2) is 13.2 Å². The molecule has 0 aliphatic heterocycles. The summed E-state index contributed by atoms with van der Waals surface area (Å²) in [6.07, 6.45) is 0. The Morgan fingerprint density at radius 2 is 1.65 bits per heavy atom. The van der Waals surface area contributed by atoms with Gasteiger partial charge in [0.05, 0.1) is 0 Å². The predicted molar refractivity (Wildman–Crippen MR) is 73.7 cm³/mol. The topological polar surface area (TPSA) is 12.0 Å². The highest BCUT2D eigenvalue weighted by Gasteiger charge is 2.12. The maximum absolute atomic E-state index is 14.1. The summed E-state index contributed by atoms with van der Waals surface area (Å²) in [6, 6.07) is 7.83. The minimum atomic E-state index is -0.640. The summed E-state index contributed by atoms with van der Waals surface area (Å²) < 4.78 is 40.9. The van der Waals surface area contributed by atoms with Crippen LogP contribution in [0.4, 0.5) is 13.2 Å². The highest BCUT2D eigenvalue weighted by molar-refractivity contribution is 5.65. The smallest absolute Gasteiger partial charge is 0.131 e. The summed E-state index contributed by atoms with van der Waals surface area (Å²) in [4.78, 5) is 0. The second-order valence-electron chi connectivity index (χ2n) is 4.97. The molecule has 0 atom stereocenters. The van der Waals surface area contributed by atoms with Crippen LogP contribution in [-0.4, -0.2) is 6.04 Å². The molecule has 2 rings (SSSR count). The molecule has 0 bridgehead atoms. The van der Waals surface area contributed by atoms with Crippen LogP contribution >= 0.6 is 0 Å². The summed E-state index contributed by atoms with van der Waals surface area (Å²) >= 11 is 0. The number of rotatable bonds is 4. The average Bonchev–Trinajstić information content (AvgIpc) is 2.39. The van der Waals surface area contributed by atoms with Gasteiger partial charge in [-0.15, -0.1) is 0 Å². The largest absolute Gasteiger partial charge is 0.310 e. The molecule has 106 valence electrons. The Kier molecular flexibility index (Phi) is 4.45. The van der Waals surface area contributed by atoms with E-state index in [0.717, 1.165) is 23.8 Å². The van der Waals surface area contributed by atoms with E-state index < -0.39 is 17.5 Å². The first-order chi connectivity index (χ1) is 9.47. The van der Waals surface area contributed by atoms with E-state index in [0.29, 0.717) is 12.6 Å². The molecule has 4 heteroatoms. The first-order valence-corrected chi connectivity index (χ1v) is 6.44. The zero-order valence-electron chi connectivity index (χ0n) is 11.4. The first-order valence-electron chi connectivity index (χ1n) is 6.44. The minimum Gasteiger partial charge on any atom is -0.310 e. The van der Waals surface area contributed by atoms with Gasteiger partial charge in [0.2, 0.25) is 0 Å². The molecule has 0 saturated carbocycles. The van der Waals surface area contributed by atoms with Crippen LogP contribution in [-0.2, 0) is 6.54 Å². The highest BCUT2D eigenvalue weighted by atomic mass is 19.1. The molecule has 0 spiro atoms. The fourth-order valence-electron chi connectivity index (χ4n) is 1.91. The molecule has 0 aliphatic rings. The Morgan fingerprint density at radius 1 is 0.900 bits per heavy atom. The molecule has 0 saturated heterocycles. The summed E-state index contributed by atoms with van der Waals surface area (Å²) in [7, 11) is 0. The molecule has 0 radical (unpaired) electrons. The van der Waals surface area contributed by atoms with Gasteiger partial charge in [0.15, 0.2) is 0 Å². The van der Waals surface area contributed by atoms with E-state index in [2.05, 4.69) is 5.32 Å². The third-order valence-electron chi connectivity index (χ3n) is 2.97. The normalized spacial score (nSPS) is 11.1. The van der Waals surface area contributed by atoms with Crippen molar-refractivity contribution in [3.63, 3.8) is 0 Å². The van der Waals surface area contributed by atoms with Gasteiger partial charge in [0.1, 0.15) is 17.5 Å². The lowest BCUT2D eigenvalue weighted by atomic mass is 10.0. The summed E-state index contributed by atoms with van der Waals surface area (Å²) in [5.41, 5.74) is 0.762. The molecule has 0 fully saturated rings. The van der Waals surface area contributed by atoms with Crippen LogP contribution in [0, 0.1) is 17.5 Å². The quantitative estimate of drug-likeness (QED) is 0.881. The summed E-state index contributed by atoms with van der Waals surface area (Å²) in [6.45, 7) is 4.51. The Morgan fingerprint density at radius 3 is 2.30 bits per heavy atom. The number of benzene rings is 2. The van der Waals surface area contributed by atoms with Gasteiger partial charge in [-0.3, -0.25) is 0 Å². The van der Waals surface area contributed by atoms with Crippen molar-refractivity contribution < 1.29 is 13.2 Å². The molecule has 0 amide bonds. The van der Waals surface area contributed by atoms with Crippen LogP contribution in [0.5, 0.6) is 0 Å². The van der Waals surface area contributed by atoms with Crippen LogP contribution in [0.3, 0.4) is 0 Å². The molecule has 0 aliphatic carbocycles. The Bertz CT molecular complexity index is 609. The zero-order valence-corrected chi connectivity index (χ0v) is 11.4. The van der Waals surface area contributed by atoms with E-state index in [1.165, 1.54) is 12.1 Å². The first kappa shape index (κ1) is 14.6. The maximum Gasteiger partial charge on any atom is 0.131 e. The van der Waals surface area contributed by atoms with Crippen molar-refractivity contribution in [3.8, 4) is 11.1 Å². The van der Waals surface area contributed by atoms with Crippen LogP contribution in [0.2, 0.25) is 0 Å². The van der Waals surface area contributed by atoms with Crippen molar-refractivity contribution in [1.82, 2.24) is 5.32 Å². The maximum atomic E-state index is 14.1. The Labute approximate surface area is 116 Å². The minimum absolute atomic E-state index is 0.0640. The summed E-state index contributed by atoms with van der Waals surface area (Å²) in [5.74, 6) is -1.79. The number of halogens is 3. The number of hydrogen-bond acceptors (Lipinski definition) is 1. The van der Waals surface area contributed by atoms with Crippen LogP contribution in [0.15, 0.2) is 36.4 Å². The molecular formula is C16H16F3N. The fraction of sp³-hybridized carbons (Fsp3) is 0.250. The molecule has 0 aromatic heterocycles. The highest BCUT2D eigenvalue weighted by Crippen LogP contribution is 2.27. The standard InChI is InChI=1S/C16H16F3N/c1-10(2)20-9-11-3-5-13(16(19)7-11)14-8-12(17)4-6-15(14)18/h3-8,10,20H,9H2,1-2H3. The molecular weight excluding hydrogens is 263 g/mol. The lowest BCUT2D eigenvalue weighted by Crippen LogP contribution is -2.21. The van der Waals surface area contributed by atoms with Crippen molar-refractivity contribution in [3.05, 3.63) is 59.4 Å². The molecule has 0 heterocycles. The van der Waals surface area contributed by atoms with Crippen LogP contribution < -0.4 is 5.32 Å². The molecule has 2 aromatic rings. The number of nitrogens with one attached hydrogen (secondary N) is 1. The van der Waals surface area contributed by atoms with E-state index in [1.54, 1.807) is 6.07 Å². The van der Waals surface area contributed by atoms with Crippen molar-refractivity contribution >= 4 is 0 Å². The van der Waals surface area contributed by atoms with E-state index in [1.807, 2.05) is 13.8 Å². The fourth-order valence-corrected chi connectivity index (χ4v) is 1.91. The molecule has 2 aromatic carbocycles. The van der Waals surface area contributed by atoms with Crippen LogP contribution in [0.25, 0.3) is 11.1 Å². The van der Waals surface area contributed by atoms with E-state index in [9.17, 15) is 13.2 Å². The van der Waals surface area contributed by atoms with E-state index in [-0.39, 0.29) is 11.1 Å². The van der Waals surface area contributed by atoms with Gasteiger partial charge in [0.25, 0.3) is 0 Å². The molecule has 0 unspecified atom stereocenters. The van der Waals surface area contributed by atoms with Gasteiger partial charge >= 0.3 is 0 Å². The molecule has 1 N–H and O–H groups in total. The molecule has 20 heavy (non-hydrogen) atoms. The monoisotopic (exact) mass is 279 g/mol. The third-order valence-corrected chi connectivity index (χ3v) is 2.97. The van der Waals surface area contributed by atoms with Gasteiger partial charge in [-0.1, -0.05) is 26.0 Å². The number of hydrogen-bond donors (Lipinski definition) is 1. The lowest BCUT2D eigenvalue weighted by Gasteiger charge is -2.10. The lowest BCUT2D eigenvalue weighted by molar-refractivity contribution is 0.580. The van der Waals surface area contributed by atoms with E-state index >= 15 is 0 Å². The summed E-state index contributed by atoms with van der Waals surface area (Å²) in [5, 5.41) is 3.17. The second-order valence-corrected chi connectivity index (χ2v) is 4.97. The molecule has 1 nitrogen and oxygen atoms in total. The average molecular weight is 279 g/mol. The third kappa shape index (κ3) is 3.39. The van der Waals surface area contributed by atoms with Gasteiger partial charge in [-0.05, 0) is 29.8 Å². The van der Waals surface area contributed by atoms with Crippen molar-refractivity contribution in [1.29, 1.82) is 0 Å². The predicted octanol–water partition coefficient (Wildman–Crippen LogP) is 4.27. The van der Waals surface area contributed by atoms with Crippen molar-refractivity contribution in [2.75, 3.05) is 0 Å². The van der Waals surface area contributed by atoms with Gasteiger partial charge in [0, 0.05) is 23.7 Å². The van der Waals surface area contributed by atoms with Crippen molar-refractivity contribution in [2.24, 2.45) is 0 Å². The van der Waals surface area contributed by atoms with Gasteiger partial charge in [-0.2, -0.15) is 0 Å². The zero-order chi connectivity index (χ0) is 14.7. The van der Waals surface area contributed by atoms with Crippen LogP contribution in [0.1, 0.15) is 19.4 Å². The Hall–Kier alpha value is -1.81.